The van der Waals surface area contributed by atoms with E-state index < -0.39 is 0 Å². The maximum absolute atomic E-state index is 5.80. The predicted octanol–water partition coefficient (Wildman–Crippen LogP) is 2.75. The highest BCUT2D eigenvalue weighted by atomic mass is 15.1. The third kappa shape index (κ3) is 1.84. The second kappa shape index (κ2) is 4.18. The van der Waals surface area contributed by atoms with Crippen LogP contribution in [0.25, 0.3) is 11.0 Å². The van der Waals surface area contributed by atoms with Crippen molar-refractivity contribution in [1.29, 1.82) is 0 Å². The number of aromatic nitrogens is 2. The Balaban J connectivity index is 2.02. The third-order valence-corrected chi connectivity index (χ3v) is 3.19. The normalized spacial score (nSPS) is 10.9. The number of hydrogen-bond donors (Lipinski definition) is 1. The fraction of sp³-hybridized carbons (Fsp3) is 0.133. The molecule has 3 rings (SSSR count). The molecule has 0 fully saturated rings. The summed E-state index contributed by atoms with van der Waals surface area (Å²) < 4.78 is 2.14. The molecule has 0 saturated heterocycles. The molecular formula is C15H15N3. The molecule has 0 aliphatic heterocycles. The largest absolute Gasteiger partial charge is 0.399 e. The zero-order valence-corrected chi connectivity index (χ0v) is 10.3. The molecule has 2 N–H and O–H groups in total. The van der Waals surface area contributed by atoms with Crippen LogP contribution in [0.1, 0.15) is 11.4 Å². The number of para-hydroxylation sites is 2. The highest BCUT2D eigenvalue weighted by Gasteiger charge is 2.07. The summed E-state index contributed by atoms with van der Waals surface area (Å²) in [4.78, 5) is 4.66. The molecule has 0 radical (unpaired) electrons. The fourth-order valence-electron chi connectivity index (χ4n) is 2.24. The van der Waals surface area contributed by atoms with Gasteiger partial charge in [0.15, 0.2) is 0 Å². The van der Waals surface area contributed by atoms with E-state index in [4.69, 9.17) is 5.73 Å². The van der Waals surface area contributed by atoms with Gasteiger partial charge in [-0.1, -0.05) is 24.3 Å². The second-order valence-corrected chi connectivity index (χ2v) is 4.50. The van der Waals surface area contributed by atoms with E-state index in [1.807, 2.05) is 36.4 Å². The molecule has 0 aliphatic carbocycles. The smallest absolute Gasteiger partial charge is 0.114 e. The molecule has 3 nitrogen and oxygen atoms in total. The van der Waals surface area contributed by atoms with Crippen molar-refractivity contribution in [1.82, 2.24) is 9.55 Å². The van der Waals surface area contributed by atoms with Crippen molar-refractivity contribution in [3.8, 4) is 0 Å². The Hall–Kier alpha value is -2.29. The molecule has 90 valence electrons. The molecule has 0 spiro atoms. The van der Waals surface area contributed by atoms with Crippen molar-refractivity contribution in [3.05, 3.63) is 59.9 Å². The summed E-state index contributed by atoms with van der Waals surface area (Å²) in [5.74, 6) is 1.06. The van der Waals surface area contributed by atoms with E-state index >= 15 is 0 Å². The first kappa shape index (κ1) is 10.8. The van der Waals surface area contributed by atoms with Gasteiger partial charge < -0.3 is 10.3 Å². The predicted molar refractivity (Wildman–Crippen MR) is 74.4 cm³/mol. The van der Waals surface area contributed by atoms with Crippen molar-refractivity contribution in [3.63, 3.8) is 0 Å². The van der Waals surface area contributed by atoms with Gasteiger partial charge in [0, 0.05) is 19.2 Å². The summed E-state index contributed by atoms with van der Waals surface area (Å²) in [5, 5.41) is 0. The minimum Gasteiger partial charge on any atom is -0.399 e. The average molecular weight is 237 g/mol. The van der Waals surface area contributed by atoms with Crippen molar-refractivity contribution in [2.24, 2.45) is 7.05 Å². The van der Waals surface area contributed by atoms with Crippen molar-refractivity contribution >= 4 is 16.7 Å². The van der Waals surface area contributed by atoms with E-state index in [0.29, 0.717) is 0 Å². The molecule has 1 aromatic heterocycles. The number of nitrogens with two attached hydrogens (primary N) is 1. The Kier molecular flexibility index (Phi) is 2.52. The lowest BCUT2D eigenvalue weighted by molar-refractivity contribution is 0.845. The fourth-order valence-corrected chi connectivity index (χ4v) is 2.24. The summed E-state index contributed by atoms with van der Waals surface area (Å²) in [6.07, 6.45) is 0.802. The van der Waals surface area contributed by atoms with Gasteiger partial charge >= 0.3 is 0 Å². The Morgan fingerprint density at radius 2 is 1.94 bits per heavy atom. The van der Waals surface area contributed by atoms with E-state index in [-0.39, 0.29) is 0 Å². The van der Waals surface area contributed by atoms with Gasteiger partial charge in [-0.05, 0) is 29.8 Å². The second-order valence-electron chi connectivity index (χ2n) is 4.50. The number of hydrogen-bond acceptors (Lipinski definition) is 2. The van der Waals surface area contributed by atoms with Gasteiger partial charge in [0.05, 0.1) is 11.0 Å². The van der Waals surface area contributed by atoms with Crippen LogP contribution in [0.5, 0.6) is 0 Å². The molecule has 0 bridgehead atoms. The first-order valence-corrected chi connectivity index (χ1v) is 5.99. The summed E-state index contributed by atoms with van der Waals surface area (Å²) in [7, 11) is 2.05. The zero-order valence-electron chi connectivity index (χ0n) is 10.3. The summed E-state index contributed by atoms with van der Waals surface area (Å²) in [6, 6.07) is 16.1. The van der Waals surface area contributed by atoms with Gasteiger partial charge in [-0.2, -0.15) is 0 Å². The number of fused-ring (bicyclic) bond motifs is 1. The van der Waals surface area contributed by atoms with Crippen LogP contribution in [-0.4, -0.2) is 9.55 Å². The highest BCUT2D eigenvalue weighted by molar-refractivity contribution is 5.75. The number of nitrogens with zero attached hydrogens (tertiary/aromatic N) is 2. The summed E-state index contributed by atoms with van der Waals surface area (Å²) in [6.45, 7) is 0. The van der Waals surface area contributed by atoms with Gasteiger partial charge in [0.1, 0.15) is 5.82 Å². The van der Waals surface area contributed by atoms with Gasteiger partial charge in [0.25, 0.3) is 0 Å². The maximum atomic E-state index is 5.80. The molecule has 18 heavy (non-hydrogen) atoms. The molecule has 1 heterocycles. The van der Waals surface area contributed by atoms with Gasteiger partial charge in [-0.3, -0.25) is 0 Å². The van der Waals surface area contributed by atoms with Crippen LogP contribution in [-0.2, 0) is 13.5 Å². The number of rotatable bonds is 2. The number of benzene rings is 2. The maximum Gasteiger partial charge on any atom is 0.114 e. The third-order valence-electron chi connectivity index (χ3n) is 3.19. The molecule has 0 unspecified atom stereocenters. The highest BCUT2D eigenvalue weighted by Crippen LogP contribution is 2.17. The van der Waals surface area contributed by atoms with Crippen LogP contribution in [0.15, 0.2) is 48.5 Å². The van der Waals surface area contributed by atoms with Gasteiger partial charge in [-0.25, -0.2) is 4.98 Å². The molecule has 3 heteroatoms. The number of nitrogen functional groups attached to an aromatic ring is 1. The Morgan fingerprint density at radius 1 is 1.11 bits per heavy atom. The van der Waals surface area contributed by atoms with Crippen LogP contribution < -0.4 is 5.73 Å². The van der Waals surface area contributed by atoms with Gasteiger partial charge in [0.2, 0.25) is 0 Å². The number of aryl methyl sites for hydroxylation is 1. The van der Waals surface area contributed by atoms with E-state index in [9.17, 15) is 0 Å². The van der Waals surface area contributed by atoms with E-state index in [1.54, 1.807) is 0 Å². The lowest BCUT2D eigenvalue weighted by Crippen LogP contribution is -1.99. The number of imidazole rings is 1. The molecular weight excluding hydrogens is 222 g/mol. The topological polar surface area (TPSA) is 43.8 Å². The lowest BCUT2D eigenvalue weighted by Gasteiger charge is -2.03. The molecule has 0 saturated carbocycles. The minimum absolute atomic E-state index is 0.797. The van der Waals surface area contributed by atoms with Crippen molar-refractivity contribution < 1.29 is 0 Å². The Bertz CT molecular complexity index is 698. The van der Waals surface area contributed by atoms with Crippen LogP contribution in [0.4, 0.5) is 5.69 Å². The first-order chi connectivity index (χ1) is 8.74. The van der Waals surface area contributed by atoms with Crippen molar-refractivity contribution in [2.45, 2.75) is 6.42 Å². The molecule has 0 atom stereocenters. The Labute approximate surface area is 106 Å². The van der Waals surface area contributed by atoms with E-state index in [0.717, 1.165) is 29.0 Å². The molecule has 0 aliphatic rings. The minimum atomic E-state index is 0.797. The molecule has 0 amide bonds. The number of anilines is 1. The first-order valence-electron chi connectivity index (χ1n) is 5.99. The zero-order chi connectivity index (χ0) is 12.5. The average Bonchev–Trinajstić information content (AvgIpc) is 2.67. The SMILES string of the molecule is Cn1c(Cc2cccc(N)c2)nc2ccccc21. The van der Waals surface area contributed by atoms with Crippen LogP contribution in [0.2, 0.25) is 0 Å². The lowest BCUT2D eigenvalue weighted by atomic mass is 10.1. The summed E-state index contributed by atoms with van der Waals surface area (Å²) in [5.41, 5.74) is 9.99. The quantitative estimate of drug-likeness (QED) is 0.696. The standard InChI is InChI=1S/C15H15N3/c1-18-14-8-3-2-7-13(14)17-15(18)10-11-5-4-6-12(16)9-11/h2-9H,10,16H2,1H3. The van der Waals surface area contributed by atoms with Crippen LogP contribution in [0, 0.1) is 0 Å². The monoisotopic (exact) mass is 237 g/mol. The van der Waals surface area contributed by atoms with Gasteiger partial charge in [-0.15, -0.1) is 0 Å². The molecule has 2 aromatic carbocycles. The van der Waals surface area contributed by atoms with Crippen molar-refractivity contribution in [2.75, 3.05) is 5.73 Å². The van der Waals surface area contributed by atoms with E-state index in [2.05, 4.69) is 28.7 Å². The van der Waals surface area contributed by atoms with Crippen LogP contribution in [0.3, 0.4) is 0 Å². The van der Waals surface area contributed by atoms with E-state index in [1.165, 1.54) is 5.56 Å². The van der Waals surface area contributed by atoms with Crippen LogP contribution >= 0.6 is 0 Å². The summed E-state index contributed by atoms with van der Waals surface area (Å²) >= 11 is 0. The Morgan fingerprint density at radius 3 is 2.72 bits per heavy atom. The molecule has 3 aromatic rings.